The fourth-order valence-corrected chi connectivity index (χ4v) is 2.79. The fourth-order valence-electron chi connectivity index (χ4n) is 2.39. The molecule has 0 fully saturated rings. The van der Waals surface area contributed by atoms with Crippen LogP contribution in [0.25, 0.3) is 0 Å². The Hall–Kier alpha value is -4.13. The molecule has 12 nitrogen and oxygen atoms in total. The predicted octanol–water partition coefficient (Wildman–Crippen LogP) is 3.56. The molecular weight excluding hydrogens is 462 g/mol. The topological polar surface area (TPSA) is 165 Å². The van der Waals surface area contributed by atoms with Gasteiger partial charge in [-0.2, -0.15) is 0 Å². The Morgan fingerprint density at radius 1 is 0.967 bits per heavy atom. The van der Waals surface area contributed by atoms with Gasteiger partial charge in [0.1, 0.15) is 6.33 Å². The minimum atomic E-state index is -0.742. The molecule has 2 aromatic carbocycles. The van der Waals surface area contributed by atoms with Gasteiger partial charge in [-0.05, 0) is 24.3 Å². The van der Waals surface area contributed by atoms with Crippen LogP contribution in [-0.4, -0.2) is 25.7 Å². The summed E-state index contributed by atoms with van der Waals surface area (Å²) in [5.74, 6) is -1.11. The summed E-state index contributed by atoms with van der Waals surface area (Å²) in [7, 11) is 0. The van der Waals surface area contributed by atoms with E-state index in [0.717, 1.165) is 16.9 Å². The lowest BCUT2D eigenvalue weighted by atomic mass is 10.2. The second-order valence-electron chi connectivity index (χ2n) is 5.70. The van der Waals surface area contributed by atoms with Gasteiger partial charge in [0.05, 0.1) is 9.85 Å². The second-order valence-corrected chi connectivity index (χ2v) is 6.61. The summed E-state index contributed by atoms with van der Waals surface area (Å²) in [5, 5.41) is 25.2. The quantitative estimate of drug-likeness (QED) is 0.343. The summed E-state index contributed by atoms with van der Waals surface area (Å²) in [6.45, 7) is 0. The van der Waals surface area contributed by atoms with Gasteiger partial charge >= 0.3 is 5.69 Å². The molecule has 0 radical (unpaired) electrons. The monoisotopic (exact) mass is 473 g/mol. The van der Waals surface area contributed by atoms with Crippen LogP contribution in [0.15, 0.2) is 59.3 Å². The normalized spacial score (nSPS) is 10.2. The van der Waals surface area contributed by atoms with Gasteiger partial charge < -0.3 is 5.32 Å². The summed E-state index contributed by atoms with van der Waals surface area (Å²) < 4.78 is 0.756. The van der Waals surface area contributed by atoms with E-state index in [1.165, 1.54) is 18.2 Å². The van der Waals surface area contributed by atoms with E-state index < -0.39 is 21.4 Å². The Labute approximate surface area is 176 Å². The summed E-state index contributed by atoms with van der Waals surface area (Å²) in [5.41, 5.74) is 4.36. The van der Waals surface area contributed by atoms with E-state index in [1.54, 1.807) is 24.3 Å². The Balaban J connectivity index is 1.82. The van der Waals surface area contributed by atoms with Crippen molar-refractivity contribution in [3.05, 3.63) is 85.1 Å². The second kappa shape index (κ2) is 8.91. The first-order valence-electron chi connectivity index (χ1n) is 8.18. The minimum absolute atomic E-state index is 0.0131. The molecule has 0 atom stereocenters. The summed E-state index contributed by atoms with van der Waals surface area (Å²) in [6, 6.07) is 11.9. The third kappa shape index (κ3) is 4.82. The molecule has 0 aliphatic carbocycles. The van der Waals surface area contributed by atoms with Gasteiger partial charge in [0.15, 0.2) is 0 Å². The summed E-state index contributed by atoms with van der Waals surface area (Å²) in [6.07, 6.45) is 1.08. The molecule has 13 heteroatoms. The average molecular weight is 474 g/mol. The van der Waals surface area contributed by atoms with Crippen molar-refractivity contribution in [3.8, 4) is 0 Å². The lowest BCUT2D eigenvalue weighted by Crippen LogP contribution is -2.30. The molecule has 0 aliphatic heterocycles. The largest absolute Gasteiger partial charge is 0.355 e. The van der Waals surface area contributed by atoms with Crippen molar-refractivity contribution < 1.29 is 14.6 Å². The molecule has 0 bridgehead atoms. The molecule has 0 saturated carbocycles. The number of amides is 1. The smallest absolute Gasteiger partial charge is 0.334 e. The standard InChI is InChI=1S/C17H12BrN7O5/c18-11-4-2-5-12(8-11)21-15-14(25(29)30)16(20-9-19-15)22-23-17(26)10-3-1-6-13(7-10)24(27)28/h1-9H,(H,23,26)(H2,19,20,21,22). The van der Waals surface area contributed by atoms with E-state index in [-0.39, 0.29) is 22.9 Å². The number of nitro groups is 2. The van der Waals surface area contributed by atoms with E-state index in [0.29, 0.717) is 5.69 Å². The molecular formula is C17H12BrN7O5. The van der Waals surface area contributed by atoms with Gasteiger partial charge in [-0.25, -0.2) is 9.97 Å². The molecule has 152 valence electrons. The predicted molar refractivity (Wildman–Crippen MR) is 110 cm³/mol. The number of rotatable bonds is 7. The maximum atomic E-state index is 12.3. The third-order valence-electron chi connectivity index (χ3n) is 3.71. The van der Waals surface area contributed by atoms with Gasteiger partial charge in [0.2, 0.25) is 11.6 Å². The highest BCUT2D eigenvalue weighted by Crippen LogP contribution is 2.31. The number of nitrogens with zero attached hydrogens (tertiary/aromatic N) is 4. The van der Waals surface area contributed by atoms with E-state index in [4.69, 9.17) is 0 Å². The number of nitro benzene ring substituents is 1. The van der Waals surface area contributed by atoms with Crippen molar-refractivity contribution in [1.29, 1.82) is 0 Å². The number of benzene rings is 2. The number of hydrazine groups is 1. The lowest BCUT2D eigenvalue weighted by Gasteiger charge is -2.11. The van der Waals surface area contributed by atoms with Crippen molar-refractivity contribution in [3.63, 3.8) is 0 Å². The molecule has 0 spiro atoms. The van der Waals surface area contributed by atoms with Gasteiger partial charge in [-0.3, -0.25) is 35.9 Å². The first-order valence-corrected chi connectivity index (χ1v) is 8.97. The number of aromatic nitrogens is 2. The molecule has 1 aromatic heterocycles. The van der Waals surface area contributed by atoms with E-state index in [2.05, 4.69) is 42.1 Å². The average Bonchev–Trinajstić information content (AvgIpc) is 2.72. The highest BCUT2D eigenvalue weighted by molar-refractivity contribution is 9.10. The van der Waals surface area contributed by atoms with Gasteiger partial charge in [0, 0.05) is 27.9 Å². The number of hydrogen-bond acceptors (Lipinski definition) is 9. The Morgan fingerprint density at radius 2 is 1.70 bits per heavy atom. The van der Waals surface area contributed by atoms with Gasteiger partial charge in [-0.15, -0.1) is 0 Å². The van der Waals surface area contributed by atoms with E-state index in [1.807, 2.05) is 0 Å². The zero-order valence-corrected chi connectivity index (χ0v) is 16.5. The van der Waals surface area contributed by atoms with E-state index in [9.17, 15) is 25.0 Å². The maximum absolute atomic E-state index is 12.3. The fraction of sp³-hybridized carbons (Fsp3) is 0. The number of carbonyl (C=O) groups is 1. The molecule has 3 N–H and O–H groups in total. The molecule has 0 saturated heterocycles. The Kier molecular flexibility index (Phi) is 6.12. The molecule has 30 heavy (non-hydrogen) atoms. The summed E-state index contributed by atoms with van der Waals surface area (Å²) in [4.78, 5) is 41.0. The van der Waals surface area contributed by atoms with Crippen molar-refractivity contribution in [1.82, 2.24) is 15.4 Å². The number of carbonyl (C=O) groups excluding carboxylic acids is 1. The van der Waals surface area contributed by atoms with Crippen molar-refractivity contribution in [2.24, 2.45) is 0 Å². The zero-order chi connectivity index (χ0) is 21.7. The number of non-ortho nitro benzene ring substituents is 1. The minimum Gasteiger partial charge on any atom is -0.334 e. The SMILES string of the molecule is O=C(NNc1ncnc(Nc2cccc(Br)c2)c1[N+](=O)[O-])c1cccc([N+](=O)[O-])c1. The first-order chi connectivity index (χ1) is 14.3. The first kappa shape index (κ1) is 20.6. The molecule has 1 amide bonds. The van der Waals surface area contributed by atoms with Crippen LogP contribution >= 0.6 is 15.9 Å². The molecule has 0 aliphatic rings. The molecule has 0 unspecified atom stereocenters. The molecule has 3 rings (SSSR count). The summed E-state index contributed by atoms with van der Waals surface area (Å²) >= 11 is 3.31. The third-order valence-corrected chi connectivity index (χ3v) is 4.20. The van der Waals surface area contributed by atoms with Crippen LogP contribution < -0.4 is 16.2 Å². The van der Waals surface area contributed by atoms with Crippen LogP contribution in [0.2, 0.25) is 0 Å². The number of anilines is 3. The maximum Gasteiger partial charge on any atom is 0.355 e. The van der Waals surface area contributed by atoms with Crippen LogP contribution in [0.4, 0.5) is 28.7 Å². The van der Waals surface area contributed by atoms with Crippen LogP contribution in [0, 0.1) is 20.2 Å². The lowest BCUT2D eigenvalue weighted by molar-refractivity contribution is -0.384. The van der Waals surface area contributed by atoms with Crippen LogP contribution in [0.5, 0.6) is 0 Å². The van der Waals surface area contributed by atoms with Crippen molar-refractivity contribution in [2.45, 2.75) is 0 Å². The highest BCUT2D eigenvalue weighted by Gasteiger charge is 2.24. The highest BCUT2D eigenvalue weighted by atomic mass is 79.9. The zero-order valence-electron chi connectivity index (χ0n) is 14.9. The molecule has 1 heterocycles. The van der Waals surface area contributed by atoms with Crippen molar-refractivity contribution in [2.75, 3.05) is 10.7 Å². The van der Waals surface area contributed by atoms with Crippen LogP contribution in [-0.2, 0) is 0 Å². The Bertz CT molecular complexity index is 1140. The number of nitrogens with one attached hydrogen (secondary N) is 3. The van der Waals surface area contributed by atoms with Gasteiger partial charge in [-0.1, -0.05) is 28.1 Å². The van der Waals surface area contributed by atoms with Crippen LogP contribution in [0.3, 0.4) is 0 Å². The van der Waals surface area contributed by atoms with Crippen molar-refractivity contribution >= 4 is 50.5 Å². The molecule has 3 aromatic rings. The Morgan fingerprint density at radius 3 is 2.40 bits per heavy atom. The van der Waals surface area contributed by atoms with Crippen LogP contribution in [0.1, 0.15) is 10.4 Å². The number of halogens is 1. The van der Waals surface area contributed by atoms with E-state index >= 15 is 0 Å². The number of hydrogen-bond donors (Lipinski definition) is 3. The van der Waals surface area contributed by atoms with Gasteiger partial charge in [0.25, 0.3) is 11.6 Å².